The average Bonchev–Trinajstić information content (AvgIpc) is 2.30. The Morgan fingerprint density at radius 2 is 2.33 bits per heavy atom. The van der Waals surface area contributed by atoms with E-state index in [1.807, 2.05) is 6.08 Å². The van der Waals surface area contributed by atoms with E-state index in [0.717, 1.165) is 19.0 Å². The summed E-state index contributed by atoms with van der Waals surface area (Å²) in [6, 6.07) is 2.73. The van der Waals surface area contributed by atoms with Crippen LogP contribution in [0.2, 0.25) is 0 Å². The van der Waals surface area contributed by atoms with Gasteiger partial charge in [0.1, 0.15) is 11.6 Å². The van der Waals surface area contributed by atoms with Crippen LogP contribution in [0.25, 0.3) is 0 Å². The second-order valence-electron chi connectivity index (χ2n) is 3.40. The number of nitrogens with zero attached hydrogens (tertiary/aromatic N) is 1. The fraction of sp³-hybridized carbons (Fsp3) is 0.364. The van der Waals surface area contributed by atoms with E-state index in [0.29, 0.717) is 18.1 Å². The van der Waals surface area contributed by atoms with E-state index in [1.54, 1.807) is 0 Å². The molecule has 1 aromatic rings. The Balaban J connectivity index is 2.16. The van der Waals surface area contributed by atoms with Crippen LogP contribution in [0.15, 0.2) is 30.2 Å². The quantitative estimate of drug-likeness (QED) is 0.809. The smallest absolute Gasteiger partial charge is 0.152 e. The first-order chi connectivity index (χ1) is 7.27. The number of hydrogen-bond donors (Lipinski definition) is 1. The number of ether oxygens (including phenoxy) is 1. The Kier molecular flexibility index (Phi) is 2.97. The summed E-state index contributed by atoms with van der Waals surface area (Å²) in [5.41, 5.74) is 0.407. The van der Waals surface area contributed by atoms with Crippen molar-refractivity contribution in [3.8, 4) is 0 Å². The zero-order chi connectivity index (χ0) is 10.7. The third-order valence-electron chi connectivity index (χ3n) is 2.26. The highest BCUT2D eigenvalue weighted by Crippen LogP contribution is 2.24. The molecule has 0 saturated carbocycles. The molecule has 1 N–H and O–H groups in total. The highest BCUT2D eigenvalue weighted by molar-refractivity contribution is 5.17. The van der Waals surface area contributed by atoms with Crippen molar-refractivity contribution in [3.63, 3.8) is 0 Å². The van der Waals surface area contributed by atoms with Gasteiger partial charge >= 0.3 is 0 Å². The molecule has 0 radical (unpaired) electrons. The van der Waals surface area contributed by atoms with Gasteiger partial charge in [0.15, 0.2) is 6.10 Å². The molecular weight excluding hydrogens is 197 g/mol. The van der Waals surface area contributed by atoms with Gasteiger partial charge in [0.2, 0.25) is 0 Å². The van der Waals surface area contributed by atoms with Crippen molar-refractivity contribution in [1.82, 2.24) is 4.98 Å². The molecule has 2 rings (SSSR count). The van der Waals surface area contributed by atoms with Crippen LogP contribution in [0.1, 0.15) is 24.6 Å². The van der Waals surface area contributed by atoms with Gasteiger partial charge in [-0.05, 0) is 31.1 Å². The van der Waals surface area contributed by atoms with Crippen LogP contribution in [0.3, 0.4) is 0 Å². The summed E-state index contributed by atoms with van der Waals surface area (Å²) < 4.78 is 17.9. The first-order valence-corrected chi connectivity index (χ1v) is 4.90. The maximum Gasteiger partial charge on any atom is 0.152 e. The number of rotatable bonds is 2. The zero-order valence-electron chi connectivity index (χ0n) is 8.19. The van der Waals surface area contributed by atoms with Crippen LogP contribution in [-0.4, -0.2) is 16.7 Å². The van der Waals surface area contributed by atoms with Crippen molar-refractivity contribution in [3.05, 3.63) is 41.7 Å². The van der Waals surface area contributed by atoms with Crippen LogP contribution in [0.5, 0.6) is 0 Å². The van der Waals surface area contributed by atoms with Crippen molar-refractivity contribution in [1.29, 1.82) is 0 Å². The van der Waals surface area contributed by atoms with Crippen molar-refractivity contribution >= 4 is 0 Å². The molecule has 0 amide bonds. The van der Waals surface area contributed by atoms with Gasteiger partial charge in [0.25, 0.3) is 0 Å². The summed E-state index contributed by atoms with van der Waals surface area (Å²) >= 11 is 0. The van der Waals surface area contributed by atoms with Crippen LogP contribution in [-0.2, 0) is 4.74 Å². The van der Waals surface area contributed by atoms with Gasteiger partial charge in [-0.25, -0.2) is 4.39 Å². The minimum atomic E-state index is -0.883. The molecule has 1 aliphatic heterocycles. The van der Waals surface area contributed by atoms with E-state index < -0.39 is 11.9 Å². The molecule has 1 unspecified atom stereocenters. The monoisotopic (exact) mass is 209 g/mol. The lowest BCUT2D eigenvalue weighted by molar-refractivity contribution is 0.0894. The molecule has 0 aromatic carbocycles. The fourth-order valence-corrected chi connectivity index (χ4v) is 1.46. The summed E-state index contributed by atoms with van der Waals surface area (Å²) in [5.74, 6) is 0.102. The highest BCUT2D eigenvalue weighted by Gasteiger charge is 2.17. The van der Waals surface area contributed by atoms with E-state index in [4.69, 9.17) is 4.74 Å². The van der Waals surface area contributed by atoms with E-state index in [9.17, 15) is 9.50 Å². The standard InChI is InChI=1S/C11H12FNO2/c12-8-4-5-9(13-7-8)11(14)10-3-1-2-6-15-10/h3-5,7,11,14H,1-2,6H2. The molecule has 4 heteroatoms. The molecule has 3 nitrogen and oxygen atoms in total. The molecular formula is C11H12FNO2. The zero-order valence-corrected chi connectivity index (χ0v) is 8.19. The lowest BCUT2D eigenvalue weighted by Gasteiger charge is -2.19. The minimum absolute atomic E-state index is 0.407. The Bertz CT molecular complexity index is 361. The van der Waals surface area contributed by atoms with Crippen molar-refractivity contribution in [2.45, 2.75) is 18.9 Å². The Morgan fingerprint density at radius 1 is 1.47 bits per heavy atom. The maximum absolute atomic E-state index is 12.6. The molecule has 0 bridgehead atoms. The molecule has 2 heterocycles. The van der Waals surface area contributed by atoms with Crippen molar-refractivity contribution in [2.24, 2.45) is 0 Å². The SMILES string of the molecule is OC(C1=CCCCO1)c1ccc(F)cn1. The van der Waals surface area contributed by atoms with E-state index >= 15 is 0 Å². The summed E-state index contributed by atoms with van der Waals surface area (Å²) in [6.07, 6.45) is 3.91. The largest absolute Gasteiger partial charge is 0.495 e. The number of hydrogen-bond acceptors (Lipinski definition) is 3. The van der Waals surface area contributed by atoms with Crippen LogP contribution >= 0.6 is 0 Å². The predicted molar refractivity (Wildman–Crippen MR) is 52.4 cm³/mol. The highest BCUT2D eigenvalue weighted by atomic mass is 19.1. The molecule has 0 saturated heterocycles. The van der Waals surface area contributed by atoms with Gasteiger partial charge in [0, 0.05) is 0 Å². The number of aromatic nitrogens is 1. The first-order valence-electron chi connectivity index (χ1n) is 4.90. The lowest BCUT2D eigenvalue weighted by Crippen LogP contribution is -2.11. The molecule has 0 aliphatic carbocycles. The molecule has 80 valence electrons. The first kappa shape index (κ1) is 10.1. The topological polar surface area (TPSA) is 42.4 Å². The molecule has 1 aromatic heterocycles. The van der Waals surface area contributed by atoms with Gasteiger partial charge < -0.3 is 9.84 Å². The Morgan fingerprint density at radius 3 is 2.93 bits per heavy atom. The molecule has 1 aliphatic rings. The third kappa shape index (κ3) is 2.33. The van der Waals surface area contributed by atoms with Crippen molar-refractivity contribution in [2.75, 3.05) is 6.61 Å². The minimum Gasteiger partial charge on any atom is -0.495 e. The average molecular weight is 209 g/mol. The number of pyridine rings is 1. The Hall–Kier alpha value is -1.42. The predicted octanol–water partition coefficient (Wildman–Crippen LogP) is 1.95. The lowest BCUT2D eigenvalue weighted by atomic mass is 10.1. The third-order valence-corrected chi connectivity index (χ3v) is 2.26. The van der Waals surface area contributed by atoms with E-state index in [1.165, 1.54) is 12.1 Å². The van der Waals surface area contributed by atoms with Crippen LogP contribution < -0.4 is 0 Å². The summed E-state index contributed by atoms with van der Waals surface area (Å²) in [5, 5.41) is 9.86. The molecule has 1 atom stereocenters. The normalized spacial score (nSPS) is 17.9. The number of halogens is 1. The molecule has 15 heavy (non-hydrogen) atoms. The fourth-order valence-electron chi connectivity index (χ4n) is 1.46. The van der Waals surface area contributed by atoms with Crippen LogP contribution in [0, 0.1) is 5.82 Å². The van der Waals surface area contributed by atoms with Gasteiger partial charge in [0.05, 0.1) is 18.5 Å². The second kappa shape index (κ2) is 4.40. The summed E-state index contributed by atoms with van der Waals surface area (Å²) in [4.78, 5) is 3.81. The molecule has 0 spiro atoms. The summed E-state index contributed by atoms with van der Waals surface area (Å²) in [6.45, 7) is 0.615. The van der Waals surface area contributed by atoms with E-state index in [-0.39, 0.29) is 0 Å². The van der Waals surface area contributed by atoms with Gasteiger partial charge in [-0.15, -0.1) is 0 Å². The van der Waals surface area contributed by atoms with Crippen LogP contribution in [0.4, 0.5) is 4.39 Å². The summed E-state index contributed by atoms with van der Waals surface area (Å²) in [7, 11) is 0. The number of allylic oxidation sites excluding steroid dienone is 1. The second-order valence-corrected chi connectivity index (χ2v) is 3.40. The van der Waals surface area contributed by atoms with Crippen molar-refractivity contribution < 1.29 is 14.2 Å². The molecule has 0 fully saturated rings. The number of aliphatic hydroxyl groups excluding tert-OH is 1. The van der Waals surface area contributed by atoms with E-state index in [2.05, 4.69) is 4.98 Å². The number of aliphatic hydroxyl groups is 1. The Labute approximate surface area is 87.2 Å². The van der Waals surface area contributed by atoms with Gasteiger partial charge in [-0.2, -0.15) is 0 Å². The van der Waals surface area contributed by atoms with Gasteiger partial charge in [-0.3, -0.25) is 4.98 Å². The van der Waals surface area contributed by atoms with Gasteiger partial charge in [-0.1, -0.05) is 0 Å². The maximum atomic E-state index is 12.6.